The molecule has 3 rings (SSSR count). The smallest absolute Gasteiger partial charge is 0.355 e. The molecule has 0 aliphatic heterocycles. The largest absolute Gasteiger partial charge is 0.477 e. The van der Waals surface area contributed by atoms with E-state index in [1.165, 1.54) is 29.6 Å². The average Bonchev–Trinajstić information content (AvgIpc) is 3.11. The van der Waals surface area contributed by atoms with Gasteiger partial charge in [-0.05, 0) is 49.9 Å². The Kier molecular flexibility index (Phi) is 5.71. The SMILES string of the molecule is CS(=O)(=O)c1ccc(OC2(C(=O)Nc3nc(C(=O)O)cs3)CCCCC2)cc1. The number of hydrogen-bond acceptors (Lipinski definition) is 7. The molecule has 1 saturated carbocycles. The highest BCUT2D eigenvalue weighted by atomic mass is 32.2. The molecule has 1 heterocycles. The fraction of sp³-hybridized carbons (Fsp3) is 0.389. The Hall–Kier alpha value is -2.46. The van der Waals surface area contributed by atoms with Gasteiger partial charge in [0.2, 0.25) is 0 Å². The van der Waals surface area contributed by atoms with Gasteiger partial charge in [-0.15, -0.1) is 11.3 Å². The van der Waals surface area contributed by atoms with Gasteiger partial charge in [0.05, 0.1) is 4.90 Å². The van der Waals surface area contributed by atoms with E-state index < -0.39 is 21.4 Å². The molecule has 0 spiro atoms. The van der Waals surface area contributed by atoms with Crippen molar-refractivity contribution in [1.29, 1.82) is 0 Å². The normalized spacial score (nSPS) is 16.3. The van der Waals surface area contributed by atoms with Gasteiger partial charge in [0.25, 0.3) is 5.91 Å². The number of carbonyl (C=O) groups excluding carboxylic acids is 1. The Labute approximate surface area is 166 Å². The van der Waals surface area contributed by atoms with Gasteiger partial charge in [0.15, 0.2) is 26.3 Å². The first kappa shape index (κ1) is 20.3. The molecule has 0 atom stereocenters. The molecule has 10 heteroatoms. The van der Waals surface area contributed by atoms with E-state index in [9.17, 15) is 18.0 Å². The van der Waals surface area contributed by atoms with E-state index >= 15 is 0 Å². The monoisotopic (exact) mass is 424 g/mol. The number of anilines is 1. The Morgan fingerprint density at radius 1 is 1.18 bits per heavy atom. The maximum atomic E-state index is 13.0. The Morgan fingerprint density at radius 2 is 1.82 bits per heavy atom. The van der Waals surface area contributed by atoms with Gasteiger partial charge in [-0.25, -0.2) is 18.2 Å². The van der Waals surface area contributed by atoms with E-state index in [1.807, 2.05) is 0 Å². The van der Waals surface area contributed by atoms with Crippen molar-refractivity contribution in [3.05, 3.63) is 35.3 Å². The number of carbonyl (C=O) groups is 2. The van der Waals surface area contributed by atoms with Crippen LogP contribution in [0.2, 0.25) is 0 Å². The molecule has 0 radical (unpaired) electrons. The minimum absolute atomic E-state index is 0.129. The highest BCUT2D eigenvalue weighted by Crippen LogP contribution is 2.35. The number of carboxylic acids is 1. The molecule has 1 fully saturated rings. The molecule has 2 N–H and O–H groups in total. The molecule has 2 aromatic rings. The van der Waals surface area contributed by atoms with E-state index in [0.717, 1.165) is 36.9 Å². The van der Waals surface area contributed by atoms with Gasteiger partial charge in [0.1, 0.15) is 5.75 Å². The molecular formula is C18H20N2O6S2. The van der Waals surface area contributed by atoms with Crippen LogP contribution in [0.3, 0.4) is 0 Å². The van der Waals surface area contributed by atoms with Crippen molar-refractivity contribution < 1.29 is 27.9 Å². The first-order valence-electron chi connectivity index (χ1n) is 8.69. The number of nitrogens with one attached hydrogen (secondary N) is 1. The second kappa shape index (κ2) is 7.88. The quantitative estimate of drug-likeness (QED) is 0.731. The third-order valence-corrected chi connectivity index (χ3v) is 6.47. The minimum Gasteiger partial charge on any atom is -0.477 e. The third kappa shape index (κ3) is 4.50. The van der Waals surface area contributed by atoms with Crippen LogP contribution in [0.1, 0.15) is 42.6 Å². The summed E-state index contributed by atoms with van der Waals surface area (Å²) in [5.74, 6) is -1.15. The van der Waals surface area contributed by atoms with E-state index in [1.54, 1.807) is 0 Å². The summed E-state index contributed by atoms with van der Waals surface area (Å²) in [6.07, 6.45) is 4.75. The molecule has 1 aromatic carbocycles. The third-order valence-electron chi connectivity index (χ3n) is 4.58. The molecule has 1 aromatic heterocycles. The van der Waals surface area contributed by atoms with E-state index in [4.69, 9.17) is 9.84 Å². The molecule has 1 aliphatic rings. The maximum absolute atomic E-state index is 13.0. The summed E-state index contributed by atoms with van der Waals surface area (Å²) in [5, 5.41) is 13.2. The summed E-state index contributed by atoms with van der Waals surface area (Å²) in [5.41, 5.74) is -1.24. The van der Waals surface area contributed by atoms with Crippen molar-refractivity contribution in [1.82, 2.24) is 4.98 Å². The molecular weight excluding hydrogens is 404 g/mol. The average molecular weight is 425 g/mol. The van der Waals surface area contributed by atoms with Crippen LogP contribution in [0.15, 0.2) is 34.5 Å². The van der Waals surface area contributed by atoms with Crippen molar-refractivity contribution in [2.75, 3.05) is 11.6 Å². The van der Waals surface area contributed by atoms with E-state index in [0.29, 0.717) is 18.6 Å². The fourth-order valence-electron chi connectivity index (χ4n) is 3.12. The van der Waals surface area contributed by atoms with Crippen LogP contribution in [0.4, 0.5) is 5.13 Å². The van der Waals surface area contributed by atoms with Crippen LogP contribution in [-0.2, 0) is 14.6 Å². The molecule has 8 nitrogen and oxygen atoms in total. The number of thiazole rings is 1. The second-order valence-corrected chi connectivity index (χ2v) is 9.57. The highest BCUT2D eigenvalue weighted by molar-refractivity contribution is 7.90. The zero-order valence-corrected chi connectivity index (χ0v) is 16.8. The number of sulfone groups is 1. The van der Waals surface area contributed by atoms with Gasteiger partial charge >= 0.3 is 5.97 Å². The van der Waals surface area contributed by atoms with Crippen LogP contribution in [0.25, 0.3) is 0 Å². The van der Waals surface area contributed by atoms with Crippen LogP contribution in [0.5, 0.6) is 5.75 Å². The number of rotatable bonds is 6. The molecule has 1 aliphatic carbocycles. The van der Waals surface area contributed by atoms with Gasteiger partial charge < -0.3 is 9.84 Å². The number of ether oxygens (including phenoxy) is 1. The number of benzene rings is 1. The molecule has 1 amide bonds. The van der Waals surface area contributed by atoms with Gasteiger partial charge in [-0.3, -0.25) is 10.1 Å². The Morgan fingerprint density at radius 3 is 2.36 bits per heavy atom. The van der Waals surface area contributed by atoms with Gasteiger partial charge in [0, 0.05) is 11.6 Å². The predicted molar refractivity (Wildman–Crippen MR) is 104 cm³/mol. The maximum Gasteiger partial charge on any atom is 0.355 e. The summed E-state index contributed by atoms with van der Waals surface area (Å²) < 4.78 is 29.3. The number of hydrogen-bond donors (Lipinski definition) is 2. The van der Waals surface area contributed by atoms with Crippen LogP contribution in [-0.4, -0.2) is 42.2 Å². The summed E-state index contributed by atoms with van der Waals surface area (Å²) in [4.78, 5) is 28.0. The van der Waals surface area contributed by atoms with Crippen molar-refractivity contribution in [2.45, 2.75) is 42.6 Å². The highest BCUT2D eigenvalue weighted by Gasteiger charge is 2.42. The number of amides is 1. The predicted octanol–water partition coefficient (Wildman–Crippen LogP) is 2.97. The zero-order valence-electron chi connectivity index (χ0n) is 15.2. The zero-order chi connectivity index (χ0) is 20.4. The first-order chi connectivity index (χ1) is 13.2. The van der Waals surface area contributed by atoms with Crippen LogP contribution >= 0.6 is 11.3 Å². The minimum atomic E-state index is -3.32. The lowest BCUT2D eigenvalue weighted by Crippen LogP contribution is -2.49. The second-order valence-electron chi connectivity index (χ2n) is 6.70. The van der Waals surface area contributed by atoms with E-state index in [2.05, 4.69) is 10.3 Å². The molecule has 0 saturated heterocycles. The van der Waals surface area contributed by atoms with Crippen molar-refractivity contribution in [2.24, 2.45) is 0 Å². The summed E-state index contributed by atoms with van der Waals surface area (Å²) in [6, 6.07) is 5.95. The number of aromatic nitrogens is 1. The lowest BCUT2D eigenvalue weighted by molar-refractivity contribution is -0.134. The Balaban J connectivity index is 1.81. The van der Waals surface area contributed by atoms with Crippen LogP contribution in [0, 0.1) is 0 Å². The molecule has 0 bridgehead atoms. The first-order valence-corrected chi connectivity index (χ1v) is 11.5. The molecule has 0 unspecified atom stereocenters. The summed E-state index contributed by atoms with van der Waals surface area (Å²) in [7, 11) is -3.32. The van der Waals surface area contributed by atoms with Gasteiger partial charge in [-0.1, -0.05) is 6.42 Å². The van der Waals surface area contributed by atoms with Crippen molar-refractivity contribution in [3.63, 3.8) is 0 Å². The number of nitrogens with zero attached hydrogens (tertiary/aromatic N) is 1. The summed E-state index contributed by atoms with van der Waals surface area (Å²) >= 11 is 1.03. The van der Waals surface area contributed by atoms with Crippen LogP contribution < -0.4 is 10.1 Å². The van der Waals surface area contributed by atoms with Crippen molar-refractivity contribution in [3.8, 4) is 5.75 Å². The molecule has 28 heavy (non-hydrogen) atoms. The van der Waals surface area contributed by atoms with Crippen molar-refractivity contribution >= 4 is 38.2 Å². The van der Waals surface area contributed by atoms with E-state index in [-0.39, 0.29) is 21.6 Å². The lowest BCUT2D eigenvalue weighted by atomic mass is 9.83. The summed E-state index contributed by atoms with van der Waals surface area (Å²) in [6.45, 7) is 0. The standard InChI is InChI=1S/C18H20N2O6S2/c1-28(24,25)13-7-5-12(6-8-13)26-18(9-3-2-4-10-18)16(23)20-17-19-14(11-27-17)15(21)22/h5-8,11H,2-4,9-10H2,1H3,(H,21,22)(H,19,20,23). The number of carboxylic acid groups (broad SMARTS) is 1. The number of aromatic carboxylic acids is 1. The lowest BCUT2D eigenvalue weighted by Gasteiger charge is -2.35. The fourth-order valence-corrected chi connectivity index (χ4v) is 4.43. The Bertz CT molecular complexity index is 976. The molecule has 150 valence electrons. The van der Waals surface area contributed by atoms with Gasteiger partial charge in [-0.2, -0.15) is 0 Å². The topological polar surface area (TPSA) is 123 Å².